The lowest BCUT2D eigenvalue weighted by atomic mass is 9.82. The van der Waals surface area contributed by atoms with Gasteiger partial charge >= 0.3 is 0 Å². The molecule has 1 nitrogen and oxygen atoms in total. The van der Waals surface area contributed by atoms with Crippen LogP contribution in [0, 0.1) is 5.92 Å². The number of halogens is 2. The van der Waals surface area contributed by atoms with Crippen LogP contribution in [-0.4, -0.2) is 18.1 Å². The van der Waals surface area contributed by atoms with Crippen molar-refractivity contribution in [1.29, 1.82) is 0 Å². The van der Waals surface area contributed by atoms with E-state index < -0.39 is 5.92 Å². The van der Waals surface area contributed by atoms with Crippen molar-refractivity contribution in [3.63, 3.8) is 0 Å². The van der Waals surface area contributed by atoms with E-state index in [0.717, 1.165) is 0 Å². The number of alkyl halides is 2. The predicted octanol–water partition coefficient (Wildman–Crippen LogP) is 2.85. The van der Waals surface area contributed by atoms with Crippen molar-refractivity contribution < 1.29 is 13.5 Å². The van der Waals surface area contributed by atoms with Gasteiger partial charge < -0.3 is 4.74 Å². The van der Waals surface area contributed by atoms with Crippen molar-refractivity contribution >= 4 is 0 Å². The quantitative estimate of drug-likeness (QED) is 0.631. The van der Waals surface area contributed by atoms with E-state index in [1.165, 1.54) is 0 Å². The molecular weight excluding hydrogens is 162 g/mol. The Kier molecular flexibility index (Phi) is 2.43. The highest BCUT2D eigenvalue weighted by molar-refractivity contribution is 4.86. The monoisotopic (exact) mass is 178 g/mol. The molecule has 0 atom stereocenters. The molecule has 1 rings (SSSR count). The molecule has 0 saturated heterocycles. The second-order valence-electron chi connectivity index (χ2n) is 4.55. The summed E-state index contributed by atoms with van der Waals surface area (Å²) in [5.41, 5.74) is -0.203. The fourth-order valence-electron chi connectivity index (χ4n) is 1.27. The molecule has 1 saturated carbocycles. The van der Waals surface area contributed by atoms with Crippen LogP contribution in [0.5, 0.6) is 0 Å². The minimum Gasteiger partial charge on any atom is -0.376 e. The molecule has 1 aliphatic rings. The van der Waals surface area contributed by atoms with Crippen LogP contribution in [0.3, 0.4) is 0 Å². The maximum Gasteiger partial charge on any atom is 0.248 e. The maximum absolute atomic E-state index is 12.4. The van der Waals surface area contributed by atoms with Gasteiger partial charge in [0.2, 0.25) is 5.92 Å². The zero-order valence-electron chi connectivity index (χ0n) is 7.86. The molecule has 3 heteroatoms. The summed E-state index contributed by atoms with van der Waals surface area (Å²) in [4.78, 5) is 0. The molecule has 0 aromatic heterocycles. The minimum atomic E-state index is -2.41. The van der Waals surface area contributed by atoms with Crippen LogP contribution in [-0.2, 0) is 4.74 Å². The van der Waals surface area contributed by atoms with Crippen molar-refractivity contribution in [3.8, 4) is 0 Å². The molecule has 12 heavy (non-hydrogen) atoms. The van der Waals surface area contributed by atoms with Gasteiger partial charge in [-0.25, -0.2) is 8.78 Å². The van der Waals surface area contributed by atoms with Crippen molar-refractivity contribution in [2.75, 3.05) is 6.61 Å². The predicted molar refractivity (Wildman–Crippen MR) is 43.4 cm³/mol. The van der Waals surface area contributed by atoms with E-state index >= 15 is 0 Å². The first-order valence-electron chi connectivity index (χ1n) is 4.30. The Morgan fingerprint density at radius 1 is 1.33 bits per heavy atom. The number of hydrogen-bond acceptors (Lipinski definition) is 1. The fraction of sp³-hybridized carbons (Fsp3) is 1.00. The van der Waals surface area contributed by atoms with E-state index in [4.69, 9.17) is 4.74 Å². The summed E-state index contributed by atoms with van der Waals surface area (Å²) in [7, 11) is 0. The normalized spacial score (nSPS) is 23.8. The zero-order chi connectivity index (χ0) is 9.41. The molecule has 0 aromatic rings. The molecule has 1 aliphatic carbocycles. The van der Waals surface area contributed by atoms with Crippen LogP contribution < -0.4 is 0 Å². The Labute approximate surface area is 72.1 Å². The highest BCUT2D eigenvalue weighted by atomic mass is 19.3. The van der Waals surface area contributed by atoms with Crippen LogP contribution in [0.2, 0.25) is 0 Å². The molecule has 0 spiro atoms. The molecule has 0 bridgehead atoms. The third-order valence-electron chi connectivity index (χ3n) is 1.93. The molecule has 1 fully saturated rings. The molecule has 0 aliphatic heterocycles. The average molecular weight is 178 g/mol. The first-order valence-corrected chi connectivity index (χ1v) is 4.30. The van der Waals surface area contributed by atoms with Gasteiger partial charge in [-0.05, 0) is 26.7 Å². The second-order valence-corrected chi connectivity index (χ2v) is 4.55. The summed E-state index contributed by atoms with van der Waals surface area (Å²) in [6.45, 7) is 6.27. The fourth-order valence-corrected chi connectivity index (χ4v) is 1.27. The SMILES string of the molecule is CC(C)(C)OCC1CC(F)(F)C1. The second kappa shape index (κ2) is 2.95. The van der Waals surface area contributed by atoms with Gasteiger partial charge in [-0.3, -0.25) is 0 Å². The molecule has 0 amide bonds. The number of rotatable bonds is 2. The number of ether oxygens (including phenoxy) is 1. The summed E-state index contributed by atoms with van der Waals surface area (Å²) in [5, 5.41) is 0. The van der Waals surface area contributed by atoms with E-state index in [1.807, 2.05) is 20.8 Å². The van der Waals surface area contributed by atoms with Gasteiger partial charge in [-0.2, -0.15) is 0 Å². The van der Waals surface area contributed by atoms with E-state index in [9.17, 15) is 8.78 Å². The van der Waals surface area contributed by atoms with Crippen molar-refractivity contribution in [3.05, 3.63) is 0 Å². The van der Waals surface area contributed by atoms with Gasteiger partial charge in [0.05, 0.1) is 12.2 Å². The summed E-state index contributed by atoms with van der Waals surface area (Å²) >= 11 is 0. The lowest BCUT2D eigenvalue weighted by Crippen LogP contribution is -2.39. The smallest absolute Gasteiger partial charge is 0.248 e. The summed E-state index contributed by atoms with van der Waals surface area (Å²) in [6, 6.07) is 0. The van der Waals surface area contributed by atoms with E-state index in [2.05, 4.69) is 0 Å². The largest absolute Gasteiger partial charge is 0.376 e. The standard InChI is InChI=1S/C9H16F2O/c1-8(2,3)12-6-7-4-9(10,11)5-7/h7H,4-6H2,1-3H3. The molecule has 72 valence electrons. The Hall–Kier alpha value is -0.180. The molecule has 0 radical (unpaired) electrons. The van der Waals surface area contributed by atoms with Crippen LogP contribution in [0.15, 0.2) is 0 Å². The van der Waals surface area contributed by atoms with Crippen LogP contribution >= 0.6 is 0 Å². The van der Waals surface area contributed by atoms with Gasteiger partial charge in [-0.1, -0.05) is 0 Å². The van der Waals surface area contributed by atoms with Crippen molar-refractivity contribution in [2.45, 2.75) is 45.1 Å². The Balaban J connectivity index is 2.12. The first-order chi connectivity index (χ1) is 5.29. The highest BCUT2D eigenvalue weighted by Crippen LogP contribution is 2.42. The molecule has 0 unspecified atom stereocenters. The van der Waals surface area contributed by atoms with Gasteiger partial charge in [0, 0.05) is 12.8 Å². The Morgan fingerprint density at radius 3 is 2.17 bits per heavy atom. The minimum absolute atomic E-state index is 0.00306. The average Bonchev–Trinajstić information content (AvgIpc) is 1.76. The van der Waals surface area contributed by atoms with Crippen LogP contribution in [0.25, 0.3) is 0 Å². The molecule has 0 aromatic carbocycles. The van der Waals surface area contributed by atoms with Crippen molar-refractivity contribution in [1.82, 2.24) is 0 Å². The van der Waals surface area contributed by atoms with E-state index in [-0.39, 0.29) is 24.4 Å². The van der Waals surface area contributed by atoms with E-state index in [0.29, 0.717) is 6.61 Å². The third kappa shape index (κ3) is 3.05. The lowest BCUT2D eigenvalue weighted by molar-refractivity contribution is -0.143. The van der Waals surface area contributed by atoms with Gasteiger partial charge in [0.1, 0.15) is 0 Å². The zero-order valence-corrected chi connectivity index (χ0v) is 7.86. The van der Waals surface area contributed by atoms with Crippen LogP contribution in [0.4, 0.5) is 8.78 Å². The Morgan fingerprint density at radius 2 is 1.83 bits per heavy atom. The third-order valence-corrected chi connectivity index (χ3v) is 1.93. The number of hydrogen-bond donors (Lipinski definition) is 0. The molecule has 0 N–H and O–H groups in total. The van der Waals surface area contributed by atoms with Crippen molar-refractivity contribution in [2.24, 2.45) is 5.92 Å². The topological polar surface area (TPSA) is 9.23 Å². The van der Waals surface area contributed by atoms with E-state index in [1.54, 1.807) is 0 Å². The molecule has 0 heterocycles. The summed E-state index contributed by atoms with van der Waals surface area (Å²) < 4.78 is 30.1. The van der Waals surface area contributed by atoms with Gasteiger partial charge in [-0.15, -0.1) is 0 Å². The summed E-state index contributed by atoms with van der Waals surface area (Å²) in [5.74, 6) is -2.34. The first kappa shape index (κ1) is 9.90. The highest BCUT2D eigenvalue weighted by Gasteiger charge is 2.45. The molecular formula is C9H16F2O. The summed E-state index contributed by atoms with van der Waals surface area (Å²) in [6.07, 6.45) is 0.00611. The Bertz CT molecular complexity index is 152. The maximum atomic E-state index is 12.4. The lowest BCUT2D eigenvalue weighted by Gasteiger charge is -2.36. The van der Waals surface area contributed by atoms with Gasteiger partial charge in [0.15, 0.2) is 0 Å². The van der Waals surface area contributed by atoms with Crippen LogP contribution in [0.1, 0.15) is 33.6 Å². The van der Waals surface area contributed by atoms with Gasteiger partial charge in [0.25, 0.3) is 0 Å².